The second-order valence-corrected chi connectivity index (χ2v) is 4.40. The lowest BCUT2D eigenvalue weighted by Crippen LogP contribution is -2.42. The minimum absolute atomic E-state index is 0.0312. The van der Waals surface area contributed by atoms with Crippen molar-refractivity contribution in [2.75, 3.05) is 11.1 Å². The summed E-state index contributed by atoms with van der Waals surface area (Å²) < 4.78 is 15.2. The van der Waals surface area contributed by atoms with E-state index in [4.69, 9.17) is 5.73 Å². The second kappa shape index (κ2) is 5.61. The van der Waals surface area contributed by atoms with Crippen molar-refractivity contribution in [3.05, 3.63) is 57.1 Å². The highest BCUT2D eigenvalue weighted by Gasteiger charge is 2.12. The lowest BCUT2D eigenvalue weighted by molar-refractivity contribution is -0.116. The summed E-state index contributed by atoms with van der Waals surface area (Å²) in [4.78, 5) is 35.4. The SMILES string of the molecule is Cn1cc(N)c(=O)n(CC(=O)Nc2ccccc2F)c1=O. The molecule has 7 nitrogen and oxygen atoms in total. The van der Waals surface area contributed by atoms with Crippen LogP contribution in [0.2, 0.25) is 0 Å². The zero-order valence-electron chi connectivity index (χ0n) is 11.2. The van der Waals surface area contributed by atoms with Crippen molar-refractivity contribution in [2.45, 2.75) is 6.54 Å². The molecule has 2 aromatic rings. The monoisotopic (exact) mass is 292 g/mol. The van der Waals surface area contributed by atoms with Gasteiger partial charge in [0.1, 0.15) is 18.0 Å². The summed E-state index contributed by atoms with van der Waals surface area (Å²) in [5, 5.41) is 2.29. The van der Waals surface area contributed by atoms with Crippen molar-refractivity contribution in [2.24, 2.45) is 7.05 Å². The molecule has 3 N–H and O–H groups in total. The molecular formula is C13H13FN4O3. The number of anilines is 2. The summed E-state index contributed by atoms with van der Waals surface area (Å²) >= 11 is 0. The third-order valence-electron chi connectivity index (χ3n) is 2.81. The maximum absolute atomic E-state index is 13.4. The summed E-state index contributed by atoms with van der Waals surface area (Å²) in [6.07, 6.45) is 1.18. The van der Waals surface area contributed by atoms with Gasteiger partial charge in [0.2, 0.25) is 5.91 Å². The van der Waals surface area contributed by atoms with E-state index in [0.717, 1.165) is 4.57 Å². The van der Waals surface area contributed by atoms with Crippen LogP contribution in [0.25, 0.3) is 0 Å². The van der Waals surface area contributed by atoms with Gasteiger partial charge >= 0.3 is 5.69 Å². The second-order valence-electron chi connectivity index (χ2n) is 4.40. The number of amides is 1. The van der Waals surface area contributed by atoms with Gasteiger partial charge in [-0.05, 0) is 12.1 Å². The molecule has 8 heteroatoms. The van der Waals surface area contributed by atoms with Crippen LogP contribution in [0.3, 0.4) is 0 Å². The molecule has 0 bridgehead atoms. The van der Waals surface area contributed by atoms with Gasteiger partial charge in [-0.1, -0.05) is 12.1 Å². The molecule has 0 radical (unpaired) electrons. The predicted octanol–water partition coefficient (Wildman–Crippen LogP) is -0.0930. The van der Waals surface area contributed by atoms with Crippen molar-refractivity contribution in [1.29, 1.82) is 0 Å². The average molecular weight is 292 g/mol. The molecule has 0 aliphatic carbocycles. The molecule has 0 aliphatic heterocycles. The van der Waals surface area contributed by atoms with Gasteiger partial charge in [-0.15, -0.1) is 0 Å². The number of carbonyl (C=O) groups is 1. The van der Waals surface area contributed by atoms with Crippen LogP contribution in [0.4, 0.5) is 15.8 Å². The van der Waals surface area contributed by atoms with E-state index in [1.54, 1.807) is 6.07 Å². The van der Waals surface area contributed by atoms with E-state index in [2.05, 4.69) is 5.32 Å². The molecule has 1 amide bonds. The number of aryl methyl sites for hydroxylation is 1. The highest BCUT2D eigenvalue weighted by molar-refractivity contribution is 5.90. The number of aromatic nitrogens is 2. The maximum atomic E-state index is 13.4. The van der Waals surface area contributed by atoms with Crippen LogP contribution < -0.4 is 22.3 Å². The Bertz CT molecular complexity index is 776. The number of nitrogens with two attached hydrogens (primary N) is 1. The first-order valence-corrected chi connectivity index (χ1v) is 6.00. The van der Waals surface area contributed by atoms with Gasteiger partial charge in [-0.3, -0.25) is 9.59 Å². The first kappa shape index (κ1) is 14.5. The summed E-state index contributed by atoms with van der Waals surface area (Å²) in [7, 11) is 1.41. The topological polar surface area (TPSA) is 99.1 Å². The van der Waals surface area contributed by atoms with Gasteiger partial charge in [-0.2, -0.15) is 0 Å². The van der Waals surface area contributed by atoms with Gasteiger partial charge in [0.05, 0.1) is 5.69 Å². The van der Waals surface area contributed by atoms with Crippen molar-refractivity contribution in [3.8, 4) is 0 Å². The number of hydrogen-bond acceptors (Lipinski definition) is 4. The lowest BCUT2D eigenvalue weighted by atomic mass is 10.3. The molecule has 110 valence electrons. The van der Waals surface area contributed by atoms with E-state index in [1.807, 2.05) is 0 Å². The minimum atomic E-state index is -0.762. The van der Waals surface area contributed by atoms with Gasteiger partial charge in [0.15, 0.2) is 0 Å². The van der Waals surface area contributed by atoms with Crippen LogP contribution >= 0.6 is 0 Å². The number of para-hydroxylation sites is 1. The summed E-state index contributed by atoms with van der Waals surface area (Å²) in [6, 6.07) is 5.57. The van der Waals surface area contributed by atoms with Crippen LogP contribution in [-0.4, -0.2) is 15.0 Å². The van der Waals surface area contributed by atoms with E-state index >= 15 is 0 Å². The third-order valence-corrected chi connectivity index (χ3v) is 2.81. The summed E-state index contributed by atoms with van der Waals surface area (Å²) in [5.74, 6) is -1.32. The Hall–Kier alpha value is -2.90. The Kier molecular flexibility index (Phi) is 3.88. The minimum Gasteiger partial charge on any atom is -0.393 e. The molecule has 0 fully saturated rings. The number of carbonyl (C=O) groups excluding carboxylic acids is 1. The highest BCUT2D eigenvalue weighted by atomic mass is 19.1. The average Bonchev–Trinajstić information content (AvgIpc) is 2.44. The molecule has 0 unspecified atom stereocenters. The fourth-order valence-corrected chi connectivity index (χ4v) is 1.79. The summed E-state index contributed by atoms with van der Waals surface area (Å²) in [6.45, 7) is -0.551. The number of benzene rings is 1. The maximum Gasteiger partial charge on any atom is 0.331 e. The van der Waals surface area contributed by atoms with E-state index in [1.165, 1.54) is 31.4 Å². The molecule has 21 heavy (non-hydrogen) atoms. The number of rotatable bonds is 3. The molecule has 1 aromatic carbocycles. The van der Waals surface area contributed by atoms with E-state index in [-0.39, 0.29) is 11.4 Å². The molecule has 0 saturated heterocycles. The number of nitrogens with zero attached hydrogens (tertiary/aromatic N) is 2. The summed E-state index contributed by atoms with van der Waals surface area (Å²) in [5.41, 5.74) is 3.83. The van der Waals surface area contributed by atoms with Crippen LogP contribution in [0.1, 0.15) is 0 Å². The Morgan fingerprint density at radius 3 is 2.67 bits per heavy atom. The smallest absolute Gasteiger partial charge is 0.331 e. The van der Waals surface area contributed by atoms with Crippen LogP contribution in [0.5, 0.6) is 0 Å². The Labute approximate surface area is 118 Å². The number of nitrogen functional groups attached to an aromatic ring is 1. The van der Waals surface area contributed by atoms with Gasteiger partial charge in [-0.25, -0.2) is 13.8 Å². The Morgan fingerprint density at radius 1 is 1.33 bits per heavy atom. The zero-order chi connectivity index (χ0) is 15.6. The van der Waals surface area contributed by atoms with Gasteiger partial charge in [0, 0.05) is 13.2 Å². The molecule has 0 spiro atoms. The van der Waals surface area contributed by atoms with Crippen molar-refractivity contribution < 1.29 is 9.18 Å². The van der Waals surface area contributed by atoms with Crippen LogP contribution in [0.15, 0.2) is 40.1 Å². The normalized spacial score (nSPS) is 10.4. The van der Waals surface area contributed by atoms with E-state index < -0.39 is 29.5 Å². The fourth-order valence-electron chi connectivity index (χ4n) is 1.79. The van der Waals surface area contributed by atoms with E-state index in [0.29, 0.717) is 4.57 Å². The quantitative estimate of drug-likeness (QED) is 0.825. The van der Waals surface area contributed by atoms with Crippen LogP contribution in [-0.2, 0) is 18.4 Å². The molecule has 0 atom stereocenters. The molecule has 0 aliphatic rings. The largest absolute Gasteiger partial charge is 0.393 e. The molecular weight excluding hydrogens is 279 g/mol. The van der Waals surface area contributed by atoms with Gasteiger partial charge < -0.3 is 15.6 Å². The number of halogens is 1. The molecule has 1 heterocycles. The van der Waals surface area contributed by atoms with Crippen molar-refractivity contribution >= 4 is 17.3 Å². The number of hydrogen-bond donors (Lipinski definition) is 2. The zero-order valence-corrected chi connectivity index (χ0v) is 11.2. The van der Waals surface area contributed by atoms with E-state index in [9.17, 15) is 18.8 Å². The predicted molar refractivity (Wildman–Crippen MR) is 75.4 cm³/mol. The Morgan fingerprint density at radius 2 is 2.00 bits per heavy atom. The van der Waals surface area contributed by atoms with Crippen molar-refractivity contribution in [3.63, 3.8) is 0 Å². The fraction of sp³-hybridized carbons (Fsp3) is 0.154. The first-order valence-electron chi connectivity index (χ1n) is 6.00. The molecule has 1 aromatic heterocycles. The standard InChI is InChI=1S/C13H13FN4O3/c1-17-6-9(15)12(20)18(13(17)21)7-11(19)16-10-5-3-2-4-8(10)14/h2-6H,7,15H2,1H3,(H,16,19). The number of nitrogens with one attached hydrogen (secondary N) is 1. The third kappa shape index (κ3) is 2.99. The molecule has 0 saturated carbocycles. The Balaban J connectivity index is 2.27. The van der Waals surface area contributed by atoms with Crippen LogP contribution in [0, 0.1) is 5.82 Å². The van der Waals surface area contributed by atoms with Gasteiger partial charge in [0.25, 0.3) is 5.56 Å². The first-order chi connectivity index (χ1) is 9.90. The lowest BCUT2D eigenvalue weighted by Gasteiger charge is -2.09. The van der Waals surface area contributed by atoms with Crippen molar-refractivity contribution in [1.82, 2.24) is 9.13 Å². The highest BCUT2D eigenvalue weighted by Crippen LogP contribution is 2.11. The molecule has 2 rings (SSSR count).